The number of amidine groups is 1. The van der Waals surface area contributed by atoms with Gasteiger partial charge in [0.1, 0.15) is 0 Å². The van der Waals surface area contributed by atoms with Gasteiger partial charge in [-0.05, 0) is 42.8 Å². The van der Waals surface area contributed by atoms with Crippen LogP contribution in [0.4, 0.5) is 24.5 Å². The molecule has 0 fully saturated rings. The zero-order chi connectivity index (χ0) is 21.4. The number of benzene rings is 2. The molecule has 1 atom stereocenters. The number of hydrogen-bond donors (Lipinski definition) is 4. The number of rotatable bonds is 9. The Hall–Kier alpha value is -2.63. The van der Waals surface area contributed by atoms with Crippen LogP contribution in [0.3, 0.4) is 0 Å². The van der Waals surface area contributed by atoms with Crippen molar-refractivity contribution < 1.29 is 17.4 Å². The topological polar surface area (TPSA) is 109 Å². The van der Waals surface area contributed by atoms with Crippen LogP contribution in [-0.2, 0) is 17.2 Å². The standard InChI is InChI=1S/C18H23F3N6OS/c1-29(28)24-11-4-12-27(23)26-17(22)15-5-2-3-6-16(15)25-14-9-7-13(8-10-14)18(19,20)21/h2-3,5-10,24-25H,4,11-12,23H2,1H3,(H2,22,26). The maximum absolute atomic E-state index is 12.7. The molecule has 0 spiro atoms. The molecule has 0 aliphatic rings. The minimum atomic E-state index is -4.39. The monoisotopic (exact) mass is 428 g/mol. The second kappa shape index (κ2) is 10.2. The van der Waals surface area contributed by atoms with Crippen LogP contribution in [0.25, 0.3) is 0 Å². The molecule has 2 rings (SSSR count). The summed E-state index contributed by atoms with van der Waals surface area (Å²) in [5, 5.41) is 8.35. The Morgan fingerprint density at radius 2 is 1.83 bits per heavy atom. The Labute approximate surface area is 169 Å². The third-order valence-electron chi connectivity index (χ3n) is 3.80. The molecular formula is C18H23F3N6OS. The van der Waals surface area contributed by atoms with Gasteiger partial charge in [0.25, 0.3) is 0 Å². The highest BCUT2D eigenvalue weighted by atomic mass is 32.2. The van der Waals surface area contributed by atoms with Gasteiger partial charge < -0.3 is 11.1 Å². The van der Waals surface area contributed by atoms with Gasteiger partial charge in [0, 0.05) is 29.7 Å². The molecule has 0 saturated heterocycles. The highest BCUT2D eigenvalue weighted by Gasteiger charge is 2.29. The second-order valence-electron chi connectivity index (χ2n) is 6.10. The van der Waals surface area contributed by atoms with Crippen molar-refractivity contribution in [1.29, 1.82) is 0 Å². The number of alkyl halides is 3. The van der Waals surface area contributed by atoms with Gasteiger partial charge in [0.2, 0.25) is 0 Å². The molecule has 1 unspecified atom stereocenters. The first kappa shape index (κ1) is 22.7. The van der Waals surface area contributed by atoms with Crippen molar-refractivity contribution in [2.24, 2.45) is 16.7 Å². The lowest BCUT2D eigenvalue weighted by Crippen LogP contribution is -2.32. The molecule has 11 heteroatoms. The van der Waals surface area contributed by atoms with Gasteiger partial charge in [-0.25, -0.2) is 19.9 Å². The number of nitrogens with zero attached hydrogens (tertiary/aromatic N) is 2. The van der Waals surface area contributed by atoms with Gasteiger partial charge in [-0.1, -0.05) is 12.1 Å². The zero-order valence-electron chi connectivity index (χ0n) is 15.7. The van der Waals surface area contributed by atoms with Crippen molar-refractivity contribution in [3.8, 4) is 0 Å². The van der Waals surface area contributed by atoms with E-state index < -0.39 is 22.7 Å². The fourth-order valence-electron chi connectivity index (χ4n) is 2.41. The summed E-state index contributed by atoms with van der Waals surface area (Å²) in [5.41, 5.74) is 6.93. The van der Waals surface area contributed by atoms with E-state index in [2.05, 4.69) is 15.1 Å². The summed E-state index contributed by atoms with van der Waals surface area (Å²) in [6.45, 7) is 0.900. The Balaban J connectivity index is 2.08. The Morgan fingerprint density at radius 3 is 2.45 bits per heavy atom. The van der Waals surface area contributed by atoms with E-state index in [9.17, 15) is 17.4 Å². The van der Waals surface area contributed by atoms with Crippen LogP contribution in [0.5, 0.6) is 0 Å². The van der Waals surface area contributed by atoms with Crippen molar-refractivity contribution >= 4 is 28.2 Å². The molecule has 0 aliphatic heterocycles. The molecule has 2 aromatic carbocycles. The summed E-state index contributed by atoms with van der Waals surface area (Å²) in [5.74, 6) is 5.97. The molecule has 0 amide bonds. The molecule has 29 heavy (non-hydrogen) atoms. The van der Waals surface area contributed by atoms with E-state index in [1.807, 2.05) is 0 Å². The van der Waals surface area contributed by atoms with Gasteiger partial charge >= 0.3 is 6.18 Å². The highest BCUT2D eigenvalue weighted by molar-refractivity contribution is 7.82. The Morgan fingerprint density at radius 1 is 1.17 bits per heavy atom. The zero-order valence-corrected chi connectivity index (χ0v) is 16.6. The first-order valence-corrected chi connectivity index (χ1v) is 10.2. The van der Waals surface area contributed by atoms with E-state index in [0.717, 1.165) is 12.1 Å². The maximum Gasteiger partial charge on any atom is 0.416 e. The molecule has 0 bridgehead atoms. The van der Waals surface area contributed by atoms with Crippen LogP contribution >= 0.6 is 0 Å². The summed E-state index contributed by atoms with van der Waals surface area (Å²) in [4.78, 5) is 0. The lowest BCUT2D eigenvalue weighted by molar-refractivity contribution is -0.137. The normalized spacial score (nSPS) is 13.2. The molecule has 6 N–H and O–H groups in total. The first-order chi connectivity index (χ1) is 13.7. The largest absolute Gasteiger partial charge is 0.416 e. The fraction of sp³-hybridized carbons (Fsp3) is 0.278. The second-order valence-corrected chi connectivity index (χ2v) is 7.29. The third-order valence-corrected chi connectivity index (χ3v) is 4.41. The van der Waals surface area contributed by atoms with Gasteiger partial charge in [0.15, 0.2) is 5.84 Å². The molecule has 158 valence electrons. The number of halogens is 3. The van der Waals surface area contributed by atoms with Gasteiger partial charge in [-0.15, -0.1) is 5.10 Å². The van der Waals surface area contributed by atoms with Crippen LogP contribution in [0.2, 0.25) is 0 Å². The maximum atomic E-state index is 12.7. The summed E-state index contributed by atoms with van der Waals surface area (Å²) in [6.07, 6.45) is -2.24. The predicted octanol–water partition coefficient (Wildman–Crippen LogP) is 2.52. The quantitative estimate of drug-likeness (QED) is 0.161. The molecule has 7 nitrogen and oxygen atoms in total. The minimum absolute atomic E-state index is 0.148. The van der Waals surface area contributed by atoms with E-state index >= 15 is 0 Å². The van der Waals surface area contributed by atoms with Crippen LogP contribution in [0, 0.1) is 0 Å². The summed E-state index contributed by atoms with van der Waals surface area (Å²) >= 11 is 0. The van der Waals surface area contributed by atoms with Crippen LogP contribution in [0.1, 0.15) is 17.5 Å². The summed E-state index contributed by atoms with van der Waals surface area (Å²) < 4.78 is 51.8. The molecule has 0 heterocycles. The molecule has 2 aromatic rings. The number of anilines is 2. The number of para-hydroxylation sites is 1. The predicted molar refractivity (Wildman–Crippen MR) is 109 cm³/mol. The first-order valence-electron chi connectivity index (χ1n) is 8.63. The molecule has 0 radical (unpaired) electrons. The van der Waals surface area contributed by atoms with E-state index in [0.29, 0.717) is 36.4 Å². The molecular weight excluding hydrogens is 405 g/mol. The van der Waals surface area contributed by atoms with Crippen molar-refractivity contribution in [3.05, 3.63) is 59.7 Å². The number of nitrogens with one attached hydrogen (secondary N) is 2. The van der Waals surface area contributed by atoms with Crippen LogP contribution in [0.15, 0.2) is 53.6 Å². The van der Waals surface area contributed by atoms with Crippen molar-refractivity contribution in [2.75, 3.05) is 24.7 Å². The number of hydrazine groups is 1. The van der Waals surface area contributed by atoms with Crippen molar-refractivity contribution in [1.82, 2.24) is 9.84 Å². The van der Waals surface area contributed by atoms with Crippen molar-refractivity contribution in [3.63, 3.8) is 0 Å². The number of hydrogen-bond acceptors (Lipinski definition) is 5. The van der Waals surface area contributed by atoms with Crippen molar-refractivity contribution in [2.45, 2.75) is 12.6 Å². The Kier molecular flexibility index (Phi) is 8.00. The molecule has 0 saturated carbocycles. The molecule has 0 aliphatic carbocycles. The molecule has 0 aromatic heterocycles. The van der Waals surface area contributed by atoms with E-state index in [4.69, 9.17) is 11.6 Å². The number of nitrogens with two attached hydrogens (primary N) is 2. The smallest absolute Gasteiger partial charge is 0.382 e. The third kappa shape index (κ3) is 7.37. The minimum Gasteiger partial charge on any atom is -0.382 e. The number of hydrazone groups is 1. The summed E-state index contributed by atoms with van der Waals surface area (Å²) in [6, 6.07) is 11.7. The SMILES string of the molecule is CS(=O)NCCCN(N)/N=C(\N)c1ccccc1Nc1ccc(C(F)(F)F)cc1. The Bertz CT molecular complexity index is 857. The van der Waals surface area contributed by atoms with Gasteiger partial charge in [0.05, 0.1) is 23.1 Å². The lowest BCUT2D eigenvalue weighted by atomic mass is 10.1. The van der Waals surface area contributed by atoms with Crippen LogP contribution < -0.4 is 21.6 Å². The average Bonchev–Trinajstić information content (AvgIpc) is 2.65. The fourth-order valence-corrected chi connectivity index (χ4v) is 2.84. The van der Waals surface area contributed by atoms with E-state index in [1.54, 1.807) is 24.3 Å². The lowest BCUT2D eigenvalue weighted by Gasteiger charge is -2.16. The van der Waals surface area contributed by atoms with E-state index in [1.165, 1.54) is 23.5 Å². The van der Waals surface area contributed by atoms with Crippen LogP contribution in [-0.4, -0.2) is 34.5 Å². The van der Waals surface area contributed by atoms with Gasteiger partial charge in [-0.3, -0.25) is 0 Å². The highest BCUT2D eigenvalue weighted by Crippen LogP contribution is 2.30. The van der Waals surface area contributed by atoms with E-state index in [-0.39, 0.29) is 5.84 Å². The van der Waals surface area contributed by atoms with Gasteiger partial charge in [-0.2, -0.15) is 13.2 Å². The average molecular weight is 428 g/mol. The summed E-state index contributed by atoms with van der Waals surface area (Å²) in [7, 11) is -1.09.